The van der Waals surface area contributed by atoms with Crippen LogP contribution in [0.3, 0.4) is 0 Å². The third-order valence-electron chi connectivity index (χ3n) is 4.24. The second kappa shape index (κ2) is 9.15. The normalized spacial score (nSPS) is 17.0. The molecule has 0 bridgehead atoms. The standard InChI is InChI=1S/C18H26N2O5/c1-3-4-10-25-16-8-7-14(24-2)11-15(16)19-18(23)20-9-5-6-13(12-20)17(21)22/h7-8,11,13H,3-6,9-10,12H2,1-2H3,(H,19,23)(H,21,22). The zero-order valence-electron chi connectivity index (χ0n) is 14.8. The molecule has 0 aromatic heterocycles. The van der Waals surface area contributed by atoms with Gasteiger partial charge < -0.3 is 24.8 Å². The number of nitrogens with zero attached hydrogens (tertiary/aromatic N) is 1. The molecule has 1 fully saturated rings. The maximum absolute atomic E-state index is 12.5. The first-order valence-corrected chi connectivity index (χ1v) is 8.64. The Morgan fingerprint density at radius 2 is 2.20 bits per heavy atom. The molecule has 1 heterocycles. The van der Waals surface area contributed by atoms with Gasteiger partial charge in [0.1, 0.15) is 11.5 Å². The Balaban J connectivity index is 2.08. The lowest BCUT2D eigenvalue weighted by atomic mass is 9.99. The molecule has 0 radical (unpaired) electrons. The summed E-state index contributed by atoms with van der Waals surface area (Å²) in [4.78, 5) is 25.3. The van der Waals surface area contributed by atoms with E-state index in [0.29, 0.717) is 43.2 Å². The van der Waals surface area contributed by atoms with Crippen LogP contribution in [-0.4, -0.2) is 48.8 Å². The molecule has 138 valence electrons. The molecule has 1 aliphatic heterocycles. The molecule has 1 unspecified atom stereocenters. The highest BCUT2D eigenvalue weighted by Crippen LogP contribution is 2.30. The van der Waals surface area contributed by atoms with Crippen molar-refractivity contribution >= 4 is 17.7 Å². The lowest BCUT2D eigenvalue weighted by molar-refractivity contribution is -0.143. The second-order valence-corrected chi connectivity index (χ2v) is 6.12. The fourth-order valence-corrected chi connectivity index (χ4v) is 2.74. The number of amides is 2. The van der Waals surface area contributed by atoms with Crippen LogP contribution in [0.4, 0.5) is 10.5 Å². The van der Waals surface area contributed by atoms with Crippen LogP contribution >= 0.6 is 0 Å². The first kappa shape index (κ1) is 18.9. The van der Waals surface area contributed by atoms with Crippen molar-refractivity contribution in [3.63, 3.8) is 0 Å². The third kappa shape index (κ3) is 5.27. The predicted octanol–water partition coefficient (Wildman–Crippen LogP) is 3.20. The summed E-state index contributed by atoms with van der Waals surface area (Å²) in [5, 5.41) is 12.0. The molecule has 2 rings (SSSR count). The van der Waals surface area contributed by atoms with Gasteiger partial charge in [0.15, 0.2) is 0 Å². The number of ether oxygens (including phenoxy) is 2. The number of piperidine rings is 1. The van der Waals surface area contributed by atoms with Gasteiger partial charge in [0.25, 0.3) is 0 Å². The fraction of sp³-hybridized carbons (Fsp3) is 0.556. The average Bonchev–Trinajstić information content (AvgIpc) is 2.63. The largest absolute Gasteiger partial charge is 0.497 e. The monoisotopic (exact) mass is 350 g/mol. The van der Waals surface area contributed by atoms with Gasteiger partial charge in [0, 0.05) is 19.2 Å². The number of carboxylic acids is 1. The molecule has 1 aromatic rings. The van der Waals surface area contributed by atoms with Gasteiger partial charge in [-0.1, -0.05) is 13.3 Å². The van der Waals surface area contributed by atoms with Crippen molar-refractivity contribution in [3.8, 4) is 11.5 Å². The summed E-state index contributed by atoms with van der Waals surface area (Å²) in [6.07, 6.45) is 3.22. The highest BCUT2D eigenvalue weighted by atomic mass is 16.5. The van der Waals surface area contributed by atoms with Gasteiger partial charge in [-0.25, -0.2) is 4.79 Å². The number of unbranched alkanes of at least 4 members (excludes halogenated alkanes) is 1. The van der Waals surface area contributed by atoms with E-state index in [0.717, 1.165) is 12.8 Å². The van der Waals surface area contributed by atoms with Gasteiger partial charge in [-0.2, -0.15) is 0 Å². The Bertz CT molecular complexity index is 605. The molecule has 1 saturated heterocycles. The van der Waals surface area contributed by atoms with Gasteiger partial charge in [-0.3, -0.25) is 4.79 Å². The zero-order valence-corrected chi connectivity index (χ0v) is 14.8. The minimum absolute atomic E-state index is 0.219. The molecule has 1 aromatic carbocycles. The first-order valence-electron chi connectivity index (χ1n) is 8.64. The number of aliphatic carboxylic acids is 1. The van der Waals surface area contributed by atoms with Gasteiger partial charge >= 0.3 is 12.0 Å². The van der Waals surface area contributed by atoms with Gasteiger partial charge in [0.05, 0.1) is 25.3 Å². The van der Waals surface area contributed by atoms with E-state index >= 15 is 0 Å². The van der Waals surface area contributed by atoms with Crippen LogP contribution in [0.1, 0.15) is 32.6 Å². The molecule has 1 atom stereocenters. The predicted molar refractivity (Wildman–Crippen MR) is 94.3 cm³/mol. The van der Waals surface area contributed by atoms with E-state index in [1.807, 2.05) is 0 Å². The molecular weight excluding hydrogens is 324 g/mol. The van der Waals surface area contributed by atoms with Crippen LogP contribution in [0.15, 0.2) is 18.2 Å². The fourth-order valence-electron chi connectivity index (χ4n) is 2.74. The molecule has 1 aliphatic rings. The van der Waals surface area contributed by atoms with Crippen LogP contribution in [0, 0.1) is 5.92 Å². The van der Waals surface area contributed by atoms with Crippen molar-refractivity contribution in [2.24, 2.45) is 5.92 Å². The minimum atomic E-state index is -0.859. The summed E-state index contributed by atoms with van der Waals surface area (Å²) in [7, 11) is 1.56. The van der Waals surface area contributed by atoms with Crippen molar-refractivity contribution in [2.75, 3.05) is 32.1 Å². The minimum Gasteiger partial charge on any atom is -0.497 e. The van der Waals surface area contributed by atoms with E-state index < -0.39 is 11.9 Å². The number of rotatable bonds is 7. The van der Waals surface area contributed by atoms with E-state index in [-0.39, 0.29) is 12.6 Å². The first-order chi connectivity index (χ1) is 12.0. The molecule has 7 heteroatoms. The highest BCUT2D eigenvalue weighted by molar-refractivity contribution is 5.91. The Morgan fingerprint density at radius 1 is 1.40 bits per heavy atom. The van der Waals surface area contributed by atoms with E-state index in [1.165, 1.54) is 4.90 Å². The summed E-state index contributed by atoms with van der Waals surface area (Å²) >= 11 is 0. The van der Waals surface area contributed by atoms with E-state index in [4.69, 9.17) is 14.6 Å². The maximum atomic E-state index is 12.5. The van der Waals surface area contributed by atoms with Crippen molar-refractivity contribution in [2.45, 2.75) is 32.6 Å². The van der Waals surface area contributed by atoms with Gasteiger partial charge in [-0.05, 0) is 31.4 Å². The third-order valence-corrected chi connectivity index (χ3v) is 4.24. The smallest absolute Gasteiger partial charge is 0.321 e. The average molecular weight is 350 g/mol. The summed E-state index contributed by atoms with van der Waals surface area (Å²) in [6.45, 7) is 3.41. The maximum Gasteiger partial charge on any atom is 0.321 e. The van der Waals surface area contributed by atoms with Crippen molar-refractivity contribution < 1.29 is 24.2 Å². The summed E-state index contributed by atoms with van der Waals surface area (Å²) in [6, 6.07) is 4.93. The van der Waals surface area contributed by atoms with Crippen molar-refractivity contribution in [3.05, 3.63) is 18.2 Å². The van der Waals surface area contributed by atoms with E-state index in [2.05, 4.69) is 12.2 Å². The number of carbonyl (C=O) groups is 2. The summed E-state index contributed by atoms with van der Waals surface area (Å²) < 4.78 is 11.0. The van der Waals surface area contributed by atoms with Crippen molar-refractivity contribution in [1.82, 2.24) is 4.90 Å². The number of carboxylic acid groups (broad SMARTS) is 1. The Morgan fingerprint density at radius 3 is 2.88 bits per heavy atom. The number of likely N-dealkylation sites (tertiary alicyclic amines) is 1. The molecule has 0 saturated carbocycles. The number of methoxy groups -OCH3 is 1. The summed E-state index contributed by atoms with van der Waals surface area (Å²) in [5.74, 6) is -0.179. The number of benzene rings is 1. The van der Waals surface area contributed by atoms with E-state index in [1.54, 1.807) is 25.3 Å². The van der Waals surface area contributed by atoms with Gasteiger partial charge in [0.2, 0.25) is 0 Å². The van der Waals surface area contributed by atoms with Crippen LogP contribution in [0.2, 0.25) is 0 Å². The van der Waals surface area contributed by atoms with Gasteiger partial charge in [-0.15, -0.1) is 0 Å². The molecule has 2 amide bonds. The van der Waals surface area contributed by atoms with E-state index in [9.17, 15) is 9.59 Å². The van der Waals surface area contributed by atoms with Crippen molar-refractivity contribution in [1.29, 1.82) is 0 Å². The second-order valence-electron chi connectivity index (χ2n) is 6.12. The van der Waals surface area contributed by atoms with Crippen LogP contribution in [0.5, 0.6) is 11.5 Å². The Hall–Kier alpha value is -2.44. The van der Waals surface area contributed by atoms with Crippen LogP contribution in [0.25, 0.3) is 0 Å². The molecule has 0 spiro atoms. The molecule has 7 nitrogen and oxygen atoms in total. The number of hydrogen-bond donors (Lipinski definition) is 2. The number of nitrogens with one attached hydrogen (secondary N) is 1. The Labute approximate surface area is 147 Å². The summed E-state index contributed by atoms with van der Waals surface area (Å²) in [5.41, 5.74) is 0.526. The highest BCUT2D eigenvalue weighted by Gasteiger charge is 2.28. The molecule has 25 heavy (non-hydrogen) atoms. The molecular formula is C18H26N2O5. The molecule has 0 aliphatic carbocycles. The lowest BCUT2D eigenvalue weighted by Crippen LogP contribution is -2.44. The van der Waals surface area contributed by atoms with Crippen LogP contribution < -0.4 is 14.8 Å². The Kier molecular flexibility index (Phi) is 6.91. The number of carbonyl (C=O) groups excluding carboxylic acids is 1. The quantitative estimate of drug-likeness (QED) is 0.737. The zero-order chi connectivity index (χ0) is 18.2. The number of urea groups is 1. The topological polar surface area (TPSA) is 88.1 Å². The molecule has 2 N–H and O–H groups in total. The number of anilines is 1. The van der Waals surface area contributed by atoms with Crippen LogP contribution in [-0.2, 0) is 4.79 Å². The number of hydrogen-bond acceptors (Lipinski definition) is 4. The lowest BCUT2D eigenvalue weighted by Gasteiger charge is -2.31. The SMILES string of the molecule is CCCCOc1ccc(OC)cc1NC(=O)N1CCCC(C(=O)O)C1.